The third-order valence-electron chi connectivity index (χ3n) is 1.90. The van der Waals surface area contributed by atoms with Crippen LogP contribution in [-0.4, -0.2) is 10.2 Å². The van der Waals surface area contributed by atoms with Crippen molar-refractivity contribution in [2.75, 3.05) is 0 Å². The van der Waals surface area contributed by atoms with Crippen molar-refractivity contribution in [3.63, 3.8) is 0 Å². The minimum absolute atomic E-state index is 0.473. The van der Waals surface area contributed by atoms with Gasteiger partial charge in [0, 0.05) is 0 Å². The lowest BCUT2D eigenvalue weighted by atomic mass is 9.99. The van der Waals surface area contributed by atoms with Crippen molar-refractivity contribution >= 4 is 0 Å². The van der Waals surface area contributed by atoms with Gasteiger partial charge in [-0.05, 0) is 11.1 Å². The van der Waals surface area contributed by atoms with Crippen LogP contribution in [0.3, 0.4) is 0 Å². The topological polar surface area (TPSA) is 40.5 Å². The van der Waals surface area contributed by atoms with Gasteiger partial charge < -0.3 is 10.2 Å². The van der Waals surface area contributed by atoms with Crippen LogP contribution in [0.4, 0.5) is 0 Å². The Bertz CT molecular complexity index is 357. The highest BCUT2D eigenvalue weighted by atomic mass is 16.3. The molecule has 14 heavy (non-hydrogen) atoms. The molecule has 2 heteroatoms. The first kappa shape index (κ1) is 10.3. The van der Waals surface area contributed by atoms with Gasteiger partial charge in [-0.25, -0.2) is 0 Å². The number of benzene rings is 1. The third kappa shape index (κ3) is 1.95. The number of rotatable bonds is 2. The average molecular weight is 186 g/mol. The van der Waals surface area contributed by atoms with Gasteiger partial charge >= 0.3 is 0 Å². The number of terminal acetylenes is 2. The van der Waals surface area contributed by atoms with Crippen LogP contribution in [0.15, 0.2) is 24.3 Å². The zero-order valence-corrected chi connectivity index (χ0v) is 7.51. The van der Waals surface area contributed by atoms with Crippen molar-refractivity contribution in [3.8, 4) is 24.7 Å². The highest BCUT2D eigenvalue weighted by Gasteiger charge is 2.13. The summed E-state index contributed by atoms with van der Waals surface area (Å²) in [7, 11) is 0. The zero-order valence-electron chi connectivity index (χ0n) is 7.51. The minimum atomic E-state index is -1.03. The van der Waals surface area contributed by atoms with E-state index in [0.717, 1.165) is 0 Å². The van der Waals surface area contributed by atoms with Gasteiger partial charge in [-0.1, -0.05) is 36.1 Å². The predicted molar refractivity (Wildman–Crippen MR) is 54.0 cm³/mol. The fourth-order valence-electron chi connectivity index (χ4n) is 1.19. The monoisotopic (exact) mass is 186 g/mol. The molecule has 2 atom stereocenters. The smallest absolute Gasteiger partial charge is 0.140 e. The standard InChI is InChI=1S/C12H10O2/c1-3-11(13)9-7-5-6-8-10(9)12(14)4-2/h1-2,5-8,11-14H/t11-,12-/m1/s1. The maximum atomic E-state index is 9.44. The summed E-state index contributed by atoms with van der Waals surface area (Å²) in [4.78, 5) is 0. The molecule has 0 saturated heterocycles. The van der Waals surface area contributed by atoms with E-state index in [1.807, 2.05) is 0 Å². The second-order valence-electron chi connectivity index (χ2n) is 2.77. The van der Waals surface area contributed by atoms with Crippen LogP contribution in [0.1, 0.15) is 23.3 Å². The molecule has 0 heterocycles. The largest absolute Gasteiger partial charge is 0.376 e. The first-order chi connectivity index (χ1) is 6.70. The first-order valence-electron chi connectivity index (χ1n) is 4.08. The quantitative estimate of drug-likeness (QED) is 0.677. The zero-order chi connectivity index (χ0) is 10.6. The molecule has 0 radical (unpaired) electrons. The fraction of sp³-hybridized carbons (Fsp3) is 0.167. The summed E-state index contributed by atoms with van der Waals surface area (Å²) in [5.74, 6) is 4.35. The van der Waals surface area contributed by atoms with E-state index in [4.69, 9.17) is 12.8 Å². The Labute approximate surface area is 83.2 Å². The Morgan fingerprint density at radius 1 is 0.929 bits per heavy atom. The molecule has 0 amide bonds. The van der Waals surface area contributed by atoms with E-state index in [2.05, 4.69) is 11.8 Å². The van der Waals surface area contributed by atoms with Crippen LogP contribution in [0.2, 0.25) is 0 Å². The second-order valence-corrected chi connectivity index (χ2v) is 2.77. The Hall–Kier alpha value is -1.74. The van der Waals surface area contributed by atoms with E-state index < -0.39 is 12.2 Å². The van der Waals surface area contributed by atoms with Crippen LogP contribution in [0.5, 0.6) is 0 Å². The van der Waals surface area contributed by atoms with Crippen molar-refractivity contribution in [2.24, 2.45) is 0 Å². The molecule has 0 spiro atoms. The van der Waals surface area contributed by atoms with Gasteiger partial charge in [-0.2, -0.15) is 0 Å². The summed E-state index contributed by atoms with van der Waals surface area (Å²) in [6.07, 6.45) is 8.10. The lowest BCUT2D eigenvalue weighted by Crippen LogP contribution is -2.03. The molecule has 1 aromatic carbocycles. The van der Waals surface area contributed by atoms with Gasteiger partial charge in [0.1, 0.15) is 12.2 Å². The summed E-state index contributed by atoms with van der Waals surface area (Å²) in [6.45, 7) is 0. The van der Waals surface area contributed by atoms with Crippen LogP contribution in [0, 0.1) is 24.7 Å². The molecule has 0 aliphatic heterocycles. The van der Waals surface area contributed by atoms with Crippen molar-refractivity contribution in [1.82, 2.24) is 0 Å². The highest BCUT2D eigenvalue weighted by molar-refractivity contribution is 5.36. The lowest BCUT2D eigenvalue weighted by Gasteiger charge is -2.12. The number of aliphatic hydroxyl groups excluding tert-OH is 2. The van der Waals surface area contributed by atoms with Crippen LogP contribution >= 0.6 is 0 Å². The molecule has 1 aromatic rings. The first-order valence-corrected chi connectivity index (χ1v) is 4.08. The fourth-order valence-corrected chi connectivity index (χ4v) is 1.19. The predicted octanol–water partition coefficient (Wildman–Crippen LogP) is 1.02. The van der Waals surface area contributed by atoms with Crippen molar-refractivity contribution in [2.45, 2.75) is 12.2 Å². The van der Waals surface area contributed by atoms with Crippen LogP contribution in [0.25, 0.3) is 0 Å². The molecular formula is C12H10O2. The Balaban J connectivity index is 3.18. The minimum Gasteiger partial charge on any atom is -0.376 e. The molecule has 0 saturated carbocycles. The lowest BCUT2D eigenvalue weighted by molar-refractivity contribution is 0.215. The number of aliphatic hydroxyl groups is 2. The molecule has 70 valence electrons. The van der Waals surface area contributed by atoms with E-state index in [1.165, 1.54) is 0 Å². The SMILES string of the molecule is C#C[C@@H](O)c1ccccc1[C@H](O)C#C. The Kier molecular flexibility index (Phi) is 3.31. The summed E-state index contributed by atoms with van der Waals surface area (Å²) in [6, 6.07) is 6.73. The summed E-state index contributed by atoms with van der Waals surface area (Å²) < 4.78 is 0. The van der Waals surface area contributed by atoms with Gasteiger partial charge in [0.05, 0.1) is 0 Å². The van der Waals surface area contributed by atoms with Crippen molar-refractivity contribution in [1.29, 1.82) is 0 Å². The maximum Gasteiger partial charge on any atom is 0.140 e. The summed E-state index contributed by atoms with van der Waals surface area (Å²) in [5.41, 5.74) is 0.945. The molecule has 0 fully saturated rings. The van der Waals surface area contributed by atoms with Gasteiger partial charge in [0.2, 0.25) is 0 Å². The number of hydrogen-bond acceptors (Lipinski definition) is 2. The third-order valence-corrected chi connectivity index (χ3v) is 1.90. The molecule has 1 rings (SSSR count). The molecule has 0 bridgehead atoms. The van der Waals surface area contributed by atoms with E-state index in [0.29, 0.717) is 11.1 Å². The molecule has 2 nitrogen and oxygen atoms in total. The van der Waals surface area contributed by atoms with E-state index in [-0.39, 0.29) is 0 Å². The Morgan fingerprint density at radius 3 is 1.57 bits per heavy atom. The molecule has 0 aromatic heterocycles. The molecule has 0 aliphatic carbocycles. The van der Waals surface area contributed by atoms with Gasteiger partial charge in [0.15, 0.2) is 0 Å². The van der Waals surface area contributed by atoms with Gasteiger partial charge in [-0.3, -0.25) is 0 Å². The Morgan fingerprint density at radius 2 is 1.29 bits per heavy atom. The highest BCUT2D eigenvalue weighted by Crippen LogP contribution is 2.22. The summed E-state index contributed by atoms with van der Waals surface area (Å²) in [5, 5.41) is 18.9. The average Bonchev–Trinajstić information content (AvgIpc) is 2.27. The molecular weight excluding hydrogens is 176 g/mol. The van der Waals surface area contributed by atoms with Gasteiger partial charge in [-0.15, -0.1) is 12.8 Å². The molecule has 0 aliphatic rings. The van der Waals surface area contributed by atoms with E-state index in [1.54, 1.807) is 24.3 Å². The summed E-state index contributed by atoms with van der Waals surface area (Å²) >= 11 is 0. The molecule has 2 N–H and O–H groups in total. The number of hydrogen-bond donors (Lipinski definition) is 2. The second kappa shape index (κ2) is 4.48. The normalized spacial score (nSPS) is 13.7. The van der Waals surface area contributed by atoms with Crippen molar-refractivity contribution in [3.05, 3.63) is 35.4 Å². The van der Waals surface area contributed by atoms with Crippen molar-refractivity contribution < 1.29 is 10.2 Å². The van der Waals surface area contributed by atoms with Crippen LogP contribution in [-0.2, 0) is 0 Å². The van der Waals surface area contributed by atoms with Crippen LogP contribution < -0.4 is 0 Å². The molecule has 0 unspecified atom stereocenters. The van der Waals surface area contributed by atoms with E-state index >= 15 is 0 Å². The van der Waals surface area contributed by atoms with Gasteiger partial charge in [0.25, 0.3) is 0 Å². The van der Waals surface area contributed by atoms with E-state index in [9.17, 15) is 10.2 Å². The maximum absolute atomic E-state index is 9.44.